The van der Waals surface area contributed by atoms with Crippen LogP contribution >= 0.6 is 23.1 Å². The quantitative estimate of drug-likeness (QED) is 0.0396. The van der Waals surface area contributed by atoms with Gasteiger partial charge in [-0.25, -0.2) is 0 Å². The second-order valence-corrected chi connectivity index (χ2v) is 14.7. The lowest BCUT2D eigenvalue weighted by molar-refractivity contribution is -0.132. The van der Waals surface area contributed by atoms with Crippen molar-refractivity contribution in [1.82, 2.24) is 10.2 Å². The molecule has 0 bridgehead atoms. The molecule has 2 heterocycles. The van der Waals surface area contributed by atoms with E-state index >= 15 is 0 Å². The van der Waals surface area contributed by atoms with Crippen molar-refractivity contribution >= 4 is 45.7 Å². The minimum absolute atomic E-state index is 0.0715. The molecule has 9 nitrogen and oxygen atoms in total. The lowest BCUT2D eigenvalue weighted by Crippen LogP contribution is -2.29. The molecule has 0 aliphatic carbocycles. The molecule has 0 spiro atoms. The Morgan fingerprint density at radius 1 is 0.922 bits per heavy atom. The number of anilines is 1. The number of methoxy groups -OCH3 is 1. The molecular formula is C40H39N3O6S2. The summed E-state index contributed by atoms with van der Waals surface area (Å²) >= 11 is 2.70. The van der Waals surface area contributed by atoms with E-state index in [0.29, 0.717) is 57.6 Å². The second kappa shape index (κ2) is 16.3. The molecule has 1 aliphatic heterocycles. The van der Waals surface area contributed by atoms with Crippen LogP contribution in [-0.4, -0.2) is 40.7 Å². The molecule has 11 heteroatoms. The highest BCUT2D eigenvalue weighted by atomic mass is 32.2. The van der Waals surface area contributed by atoms with Gasteiger partial charge in [0, 0.05) is 11.3 Å². The molecule has 1 saturated heterocycles. The van der Waals surface area contributed by atoms with Gasteiger partial charge in [0.05, 0.1) is 25.3 Å². The van der Waals surface area contributed by atoms with Crippen LogP contribution in [0.25, 0.3) is 5.76 Å². The Labute approximate surface area is 305 Å². The number of nitrogens with zero attached hydrogens (tertiary/aromatic N) is 3. The Morgan fingerprint density at radius 3 is 2.39 bits per heavy atom. The van der Waals surface area contributed by atoms with E-state index in [9.17, 15) is 14.7 Å². The molecule has 5 aromatic rings. The Hall–Kier alpha value is -5.13. The predicted molar refractivity (Wildman–Crippen MR) is 201 cm³/mol. The summed E-state index contributed by atoms with van der Waals surface area (Å²) in [7, 11) is 1.54. The van der Waals surface area contributed by atoms with Crippen molar-refractivity contribution in [2.24, 2.45) is 5.92 Å². The number of benzene rings is 4. The van der Waals surface area contributed by atoms with Gasteiger partial charge in [0.1, 0.15) is 18.1 Å². The van der Waals surface area contributed by atoms with Crippen molar-refractivity contribution in [3.8, 4) is 17.2 Å². The first-order valence-electron chi connectivity index (χ1n) is 16.6. The number of amides is 1. The van der Waals surface area contributed by atoms with E-state index in [1.807, 2.05) is 61.5 Å². The number of aryl methyl sites for hydroxylation is 1. The molecule has 262 valence electrons. The SMILES string of the molecule is COc1cc(C2/C(=C(\O)c3ccc(OCc4ccccc4C)cc3)C(=O)C(=O)N2c2nnc(SCc3ccccc3)s2)ccc1OCCC(C)C. The molecule has 1 amide bonds. The molecule has 1 atom stereocenters. The largest absolute Gasteiger partial charge is 0.507 e. The number of rotatable bonds is 14. The smallest absolute Gasteiger partial charge is 0.301 e. The summed E-state index contributed by atoms with van der Waals surface area (Å²) < 4.78 is 18.4. The van der Waals surface area contributed by atoms with E-state index < -0.39 is 17.7 Å². The van der Waals surface area contributed by atoms with Crippen LogP contribution in [0.1, 0.15) is 54.1 Å². The fourth-order valence-electron chi connectivity index (χ4n) is 5.60. The number of hydrogen-bond acceptors (Lipinski definition) is 10. The van der Waals surface area contributed by atoms with Crippen LogP contribution in [0, 0.1) is 12.8 Å². The second-order valence-electron chi connectivity index (χ2n) is 12.5. The first kappa shape index (κ1) is 35.7. The van der Waals surface area contributed by atoms with Gasteiger partial charge in [0.2, 0.25) is 5.13 Å². The molecule has 4 aromatic carbocycles. The summed E-state index contributed by atoms with van der Waals surface area (Å²) in [6.45, 7) is 7.16. The minimum Gasteiger partial charge on any atom is -0.507 e. The maximum Gasteiger partial charge on any atom is 0.301 e. The summed E-state index contributed by atoms with van der Waals surface area (Å²) in [5.41, 5.74) is 4.14. The van der Waals surface area contributed by atoms with Gasteiger partial charge in [-0.15, -0.1) is 10.2 Å². The van der Waals surface area contributed by atoms with Gasteiger partial charge < -0.3 is 19.3 Å². The van der Waals surface area contributed by atoms with Crippen molar-refractivity contribution < 1.29 is 28.9 Å². The maximum absolute atomic E-state index is 13.9. The van der Waals surface area contributed by atoms with Crippen LogP contribution in [0.15, 0.2) is 107 Å². The molecule has 0 radical (unpaired) electrons. The van der Waals surface area contributed by atoms with E-state index in [2.05, 4.69) is 24.0 Å². The monoisotopic (exact) mass is 721 g/mol. The number of aliphatic hydroxyl groups excluding tert-OH is 1. The van der Waals surface area contributed by atoms with Crippen molar-refractivity contribution in [3.05, 3.63) is 130 Å². The number of Topliss-reactive ketones (excluding diaryl/α,β-unsaturated/α-hetero) is 1. The van der Waals surface area contributed by atoms with E-state index in [1.54, 1.807) is 42.5 Å². The zero-order valence-corrected chi connectivity index (χ0v) is 30.5. The number of thioether (sulfide) groups is 1. The number of ether oxygens (including phenoxy) is 3. The lowest BCUT2D eigenvalue weighted by atomic mass is 9.95. The third-order valence-corrected chi connectivity index (χ3v) is 10.6. The van der Waals surface area contributed by atoms with E-state index in [1.165, 1.54) is 35.1 Å². The molecular weight excluding hydrogens is 683 g/mol. The minimum atomic E-state index is -1.01. The highest BCUT2D eigenvalue weighted by molar-refractivity contribution is 8.00. The highest BCUT2D eigenvalue weighted by Crippen LogP contribution is 2.45. The van der Waals surface area contributed by atoms with Gasteiger partial charge in [0.15, 0.2) is 15.8 Å². The predicted octanol–water partition coefficient (Wildman–Crippen LogP) is 8.78. The summed E-state index contributed by atoms with van der Waals surface area (Å²) in [6.07, 6.45) is 0.864. The van der Waals surface area contributed by atoms with Crippen LogP contribution in [0.2, 0.25) is 0 Å². The van der Waals surface area contributed by atoms with Gasteiger partial charge in [-0.05, 0) is 77.9 Å². The number of aliphatic hydroxyl groups is 1. The van der Waals surface area contributed by atoms with Crippen molar-refractivity contribution in [2.45, 2.75) is 49.9 Å². The Kier molecular flexibility index (Phi) is 11.4. The Balaban J connectivity index is 1.34. The normalized spacial score (nSPS) is 15.4. The van der Waals surface area contributed by atoms with Crippen LogP contribution in [0.5, 0.6) is 17.2 Å². The van der Waals surface area contributed by atoms with Crippen LogP contribution in [0.4, 0.5) is 5.13 Å². The number of carbonyl (C=O) groups excluding carboxylic acids is 2. The van der Waals surface area contributed by atoms with Gasteiger partial charge in [-0.1, -0.05) is 97.6 Å². The zero-order valence-electron chi connectivity index (χ0n) is 28.9. The summed E-state index contributed by atoms with van der Waals surface area (Å²) in [4.78, 5) is 29.0. The fourth-order valence-corrected chi connectivity index (χ4v) is 7.42. The number of ketones is 1. The summed E-state index contributed by atoms with van der Waals surface area (Å²) in [6, 6.07) is 29.0. The molecule has 1 fully saturated rings. The van der Waals surface area contributed by atoms with Gasteiger partial charge in [0.25, 0.3) is 5.78 Å². The first-order chi connectivity index (χ1) is 24.7. The van der Waals surface area contributed by atoms with Gasteiger partial charge in [-0.3, -0.25) is 14.5 Å². The molecule has 51 heavy (non-hydrogen) atoms. The number of carbonyl (C=O) groups is 2. The van der Waals surface area contributed by atoms with Crippen LogP contribution < -0.4 is 19.1 Å². The van der Waals surface area contributed by atoms with Gasteiger partial charge in [-0.2, -0.15) is 0 Å². The average Bonchev–Trinajstić information content (AvgIpc) is 3.72. The van der Waals surface area contributed by atoms with Gasteiger partial charge >= 0.3 is 5.91 Å². The van der Waals surface area contributed by atoms with Crippen LogP contribution in [-0.2, 0) is 21.9 Å². The number of hydrogen-bond donors (Lipinski definition) is 1. The zero-order chi connectivity index (χ0) is 35.9. The summed E-state index contributed by atoms with van der Waals surface area (Å²) in [5, 5.41) is 20.7. The van der Waals surface area contributed by atoms with Crippen LogP contribution in [0.3, 0.4) is 0 Å². The highest BCUT2D eigenvalue weighted by Gasteiger charge is 2.48. The molecule has 1 aliphatic rings. The first-order valence-corrected chi connectivity index (χ1v) is 18.4. The standard InChI is InChI=1S/C40H39N3O6S2/c1-25(2)20-21-48-32-19-16-29(22-33(32)47-4)35-34(36(44)28-14-17-31(18-15-28)49-23-30-13-9-8-10-26(30)3)37(45)38(46)43(35)39-41-42-40(51-39)50-24-27-11-6-5-7-12-27/h5-19,22,25,35,44H,20-21,23-24H2,1-4H3/b36-34+. The van der Waals surface area contributed by atoms with Crippen molar-refractivity contribution in [2.75, 3.05) is 18.6 Å². The van der Waals surface area contributed by atoms with Crippen molar-refractivity contribution in [1.29, 1.82) is 0 Å². The molecule has 1 aromatic heterocycles. The van der Waals surface area contributed by atoms with E-state index in [0.717, 1.165) is 23.1 Å². The molecule has 1 unspecified atom stereocenters. The van der Waals surface area contributed by atoms with E-state index in [4.69, 9.17) is 14.2 Å². The maximum atomic E-state index is 13.9. The average molecular weight is 722 g/mol. The third-order valence-electron chi connectivity index (χ3n) is 8.49. The Morgan fingerprint density at radius 2 is 1.67 bits per heavy atom. The molecule has 6 rings (SSSR count). The lowest BCUT2D eigenvalue weighted by Gasteiger charge is -2.23. The summed E-state index contributed by atoms with van der Waals surface area (Å²) in [5.74, 6) is 0.742. The molecule has 0 saturated carbocycles. The topological polar surface area (TPSA) is 111 Å². The molecule has 1 N–H and O–H groups in total. The third kappa shape index (κ3) is 8.27. The number of aromatic nitrogens is 2. The Bertz CT molecular complexity index is 2030. The van der Waals surface area contributed by atoms with Crippen molar-refractivity contribution in [3.63, 3.8) is 0 Å². The fraction of sp³-hybridized carbons (Fsp3) is 0.250. The van der Waals surface area contributed by atoms with E-state index in [-0.39, 0.29) is 16.5 Å².